The van der Waals surface area contributed by atoms with Crippen molar-refractivity contribution in [3.05, 3.63) is 39.7 Å². The fourth-order valence-corrected chi connectivity index (χ4v) is 5.10. The summed E-state index contributed by atoms with van der Waals surface area (Å²) in [6.07, 6.45) is 4.89. The summed E-state index contributed by atoms with van der Waals surface area (Å²) < 4.78 is 32.3. The molecular formula is C21H24ClF2N3O3. The Bertz CT molecular complexity index is 1090. The lowest BCUT2D eigenvalue weighted by Crippen LogP contribution is -2.42. The summed E-state index contributed by atoms with van der Waals surface area (Å²) in [5.41, 5.74) is -1.38. The molecule has 2 aliphatic heterocycles. The number of likely N-dealkylation sites (tertiary alicyclic amines) is 1. The molecule has 2 aromatic rings. The monoisotopic (exact) mass is 439 g/mol. The van der Waals surface area contributed by atoms with Gasteiger partial charge in [0, 0.05) is 31.4 Å². The van der Waals surface area contributed by atoms with Gasteiger partial charge in [0.2, 0.25) is 5.43 Å². The van der Waals surface area contributed by atoms with E-state index in [9.17, 15) is 14.7 Å². The van der Waals surface area contributed by atoms with Gasteiger partial charge >= 0.3 is 5.97 Å². The molecule has 6 nitrogen and oxygen atoms in total. The number of piperidine rings is 1. The molecule has 3 aliphatic rings. The maximum Gasteiger partial charge on any atom is 0.341 e. The van der Waals surface area contributed by atoms with Gasteiger partial charge in [0.15, 0.2) is 5.82 Å². The van der Waals surface area contributed by atoms with Crippen LogP contribution in [0.15, 0.2) is 17.1 Å². The lowest BCUT2D eigenvalue weighted by atomic mass is 9.93. The van der Waals surface area contributed by atoms with Crippen LogP contribution in [0.25, 0.3) is 10.9 Å². The van der Waals surface area contributed by atoms with Crippen molar-refractivity contribution in [2.45, 2.75) is 37.8 Å². The van der Waals surface area contributed by atoms with Crippen LogP contribution in [0.4, 0.5) is 14.5 Å². The van der Waals surface area contributed by atoms with Crippen molar-refractivity contribution in [2.24, 2.45) is 5.92 Å². The predicted molar refractivity (Wildman–Crippen MR) is 112 cm³/mol. The van der Waals surface area contributed by atoms with E-state index in [4.69, 9.17) is 0 Å². The van der Waals surface area contributed by atoms with E-state index in [-0.39, 0.29) is 41.1 Å². The first-order chi connectivity index (χ1) is 13.9. The number of rotatable bonds is 3. The lowest BCUT2D eigenvalue weighted by molar-refractivity contribution is 0.0695. The predicted octanol–water partition coefficient (Wildman–Crippen LogP) is 3.27. The molecular weight excluding hydrogens is 416 g/mol. The van der Waals surface area contributed by atoms with Gasteiger partial charge in [-0.25, -0.2) is 13.6 Å². The van der Waals surface area contributed by atoms with Crippen molar-refractivity contribution in [1.29, 1.82) is 0 Å². The number of benzene rings is 1. The first-order valence-electron chi connectivity index (χ1n) is 10.1. The number of fused-ring (bicyclic) bond motifs is 2. The van der Waals surface area contributed by atoms with E-state index in [2.05, 4.69) is 4.90 Å². The molecule has 5 rings (SSSR count). The van der Waals surface area contributed by atoms with Gasteiger partial charge in [-0.3, -0.25) is 4.79 Å². The molecule has 1 N–H and O–H groups in total. The summed E-state index contributed by atoms with van der Waals surface area (Å²) in [4.78, 5) is 28.1. The van der Waals surface area contributed by atoms with Crippen LogP contribution >= 0.6 is 12.4 Å². The smallest absolute Gasteiger partial charge is 0.341 e. The number of aromatic nitrogens is 1. The summed E-state index contributed by atoms with van der Waals surface area (Å²) >= 11 is 0. The number of halogens is 3. The Morgan fingerprint density at radius 1 is 1.20 bits per heavy atom. The normalized spacial score (nSPS) is 24.0. The van der Waals surface area contributed by atoms with Gasteiger partial charge in [-0.15, -0.1) is 12.4 Å². The van der Waals surface area contributed by atoms with Gasteiger partial charge in [0.1, 0.15) is 17.1 Å². The van der Waals surface area contributed by atoms with Gasteiger partial charge in [-0.1, -0.05) is 0 Å². The highest BCUT2D eigenvalue weighted by Crippen LogP contribution is 2.41. The Kier molecular flexibility index (Phi) is 5.26. The van der Waals surface area contributed by atoms with Gasteiger partial charge in [0.05, 0.1) is 10.9 Å². The molecule has 162 valence electrons. The zero-order chi connectivity index (χ0) is 20.4. The van der Waals surface area contributed by atoms with Crippen molar-refractivity contribution in [3.8, 4) is 0 Å². The minimum atomic E-state index is -1.39. The van der Waals surface area contributed by atoms with Crippen molar-refractivity contribution in [2.75, 3.05) is 31.6 Å². The summed E-state index contributed by atoms with van der Waals surface area (Å²) in [5.74, 6) is -2.59. The number of likely N-dealkylation sites (N-methyl/N-ethyl adjacent to an activating group) is 1. The SMILES string of the molecule is CN1CCC[C@@H]2CN(c3c(F)cc4c(=O)c(C(=O)O)cn(C5CC5)c4c3F)C[C@@H]21.Cl. The Morgan fingerprint density at radius 2 is 1.93 bits per heavy atom. The summed E-state index contributed by atoms with van der Waals surface area (Å²) in [6.45, 7) is 2.10. The Balaban J connectivity index is 0.00000218. The minimum absolute atomic E-state index is 0. The Labute approximate surface area is 178 Å². The highest BCUT2D eigenvalue weighted by atomic mass is 35.5. The number of carboxylic acid groups (broad SMARTS) is 1. The standard InChI is InChI=1S/C21H23F2N3O3.ClH/c1-24-6-2-3-11-8-25(10-16(11)24)19-15(22)7-13-18(17(19)23)26(12-4-5-12)9-14(20(13)27)21(28)29;/h7,9,11-12,16H,2-6,8,10H2,1H3,(H,28,29);1H/t11-,16+;/m1./s1. The number of hydrogen-bond acceptors (Lipinski definition) is 4. The molecule has 2 atom stereocenters. The quantitative estimate of drug-likeness (QED) is 0.795. The summed E-state index contributed by atoms with van der Waals surface area (Å²) in [6, 6.07) is 1.22. The fourth-order valence-electron chi connectivity index (χ4n) is 5.10. The summed E-state index contributed by atoms with van der Waals surface area (Å²) in [7, 11) is 2.05. The maximum atomic E-state index is 15.7. The van der Waals surface area contributed by atoms with Crippen LogP contribution in [0.2, 0.25) is 0 Å². The third-order valence-corrected chi connectivity index (χ3v) is 6.73. The van der Waals surface area contributed by atoms with Crippen LogP contribution in [0.1, 0.15) is 42.1 Å². The topological polar surface area (TPSA) is 65.8 Å². The number of carboxylic acids is 1. The van der Waals surface area contributed by atoms with Crippen LogP contribution in [-0.4, -0.2) is 53.3 Å². The third kappa shape index (κ3) is 3.17. The number of carbonyl (C=O) groups is 1. The molecule has 0 spiro atoms. The van der Waals surface area contributed by atoms with E-state index in [0.717, 1.165) is 38.3 Å². The highest BCUT2D eigenvalue weighted by molar-refractivity contribution is 5.94. The van der Waals surface area contributed by atoms with Gasteiger partial charge in [-0.2, -0.15) is 0 Å². The van der Waals surface area contributed by atoms with Crippen molar-refractivity contribution in [1.82, 2.24) is 9.47 Å². The van der Waals surface area contributed by atoms with Crippen LogP contribution in [0.5, 0.6) is 0 Å². The first kappa shape index (κ1) is 21.1. The first-order valence-corrected chi connectivity index (χ1v) is 10.1. The zero-order valence-electron chi connectivity index (χ0n) is 16.6. The molecule has 1 saturated carbocycles. The van der Waals surface area contributed by atoms with E-state index in [0.29, 0.717) is 19.0 Å². The molecule has 1 aliphatic carbocycles. The fraction of sp³-hybridized carbons (Fsp3) is 0.524. The van der Waals surface area contributed by atoms with Crippen molar-refractivity contribution >= 4 is 35.0 Å². The largest absolute Gasteiger partial charge is 0.477 e. The minimum Gasteiger partial charge on any atom is -0.477 e. The number of aromatic carboxylic acids is 1. The number of pyridine rings is 1. The van der Waals surface area contributed by atoms with E-state index >= 15 is 8.78 Å². The van der Waals surface area contributed by atoms with Crippen LogP contribution < -0.4 is 10.3 Å². The second-order valence-electron chi connectivity index (χ2n) is 8.59. The molecule has 1 aromatic carbocycles. The van der Waals surface area contributed by atoms with E-state index in [1.807, 2.05) is 7.05 Å². The van der Waals surface area contributed by atoms with Gasteiger partial charge < -0.3 is 19.5 Å². The van der Waals surface area contributed by atoms with E-state index in [1.54, 1.807) is 4.90 Å². The van der Waals surface area contributed by atoms with Crippen LogP contribution in [0, 0.1) is 17.6 Å². The molecule has 0 amide bonds. The molecule has 0 radical (unpaired) electrons. The average Bonchev–Trinajstić information content (AvgIpc) is 3.42. The molecule has 0 bridgehead atoms. The number of anilines is 1. The molecule has 0 unspecified atom stereocenters. The lowest BCUT2D eigenvalue weighted by Gasteiger charge is -2.33. The van der Waals surface area contributed by atoms with Crippen molar-refractivity contribution in [3.63, 3.8) is 0 Å². The molecule has 3 fully saturated rings. The Hall–Kier alpha value is -2.19. The van der Waals surface area contributed by atoms with Gasteiger partial charge in [0.25, 0.3) is 0 Å². The molecule has 2 saturated heterocycles. The second kappa shape index (κ2) is 7.50. The third-order valence-electron chi connectivity index (χ3n) is 6.73. The van der Waals surface area contributed by atoms with Crippen LogP contribution in [-0.2, 0) is 0 Å². The highest BCUT2D eigenvalue weighted by Gasteiger charge is 2.40. The van der Waals surface area contributed by atoms with E-state index < -0.39 is 28.6 Å². The molecule has 3 heterocycles. The van der Waals surface area contributed by atoms with E-state index in [1.165, 1.54) is 10.8 Å². The maximum absolute atomic E-state index is 15.7. The molecule has 30 heavy (non-hydrogen) atoms. The molecule has 9 heteroatoms. The second-order valence-corrected chi connectivity index (χ2v) is 8.59. The zero-order valence-corrected chi connectivity index (χ0v) is 17.4. The van der Waals surface area contributed by atoms with Crippen LogP contribution in [0.3, 0.4) is 0 Å². The molecule has 1 aromatic heterocycles. The number of nitrogens with zero attached hydrogens (tertiary/aromatic N) is 3. The number of hydrogen-bond donors (Lipinski definition) is 1. The van der Waals surface area contributed by atoms with Crippen molar-refractivity contribution < 1.29 is 18.7 Å². The van der Waals surface area contributed by atoms with Gasteiger partial charge in [-0.05, 0) is 51.3 Å². The summed E-state index contributed by atoms with van der Waals surface area (Å²) in [5, 5.41) is 9.14. The average molecular weight is 440 g/mol. The Morgan fingerprint density at radius 3 is 2.57 bits per heavy atom.